The Morgan fingerprint density at radius 1 is 1.54 bits per heavy atom. The van der Waals surface area contributed by atoms with Crippen molar-refractivity contribution in [3.05, 3.63) is 40.8 Å². The molecule has 0 unspecified atom stereocenters. The van der Waals surface area contributed by atoms with E-state index in [2.05, 4.69) is 22.5 Å². The molecule has 0 bridgehead atoms. The first-order chi connectivity index (χ1) is 6.19. The molecule has 1 aromatic rings. The monoisotopic (exact) mass is 244 g/mol. The highest BCUT2D eigenvalue weighted by Gasteiger charge is 2.09. The van der Waals surface area contributed by atoms with Crippen LogP contribution in [0, 0.1) is 5.82 Å². The van der Waals surface area contributed by atoms with Crippen molar-refractivity contribution in [1.82, 2.24) is 0 Å². The summed E-state index contributed by atoms with van der Waals surface area (Å²) in [6.07, 6.45) is 1.54. The van der Waals surface area contributed by atoms with Crippen molar-refractivity contribution in [2.75, 3.05) is 0 Å². The molecule has 0 radical (unpaired) electrons. The molecule has 0 fully saturated rings. The zero-order chi connectivity index (χ0) is 9.84. The highest BCUT2D eigenvalue weighted by atomic mass is 79.9. The summed E-state index contributed by atoms with van der Waals surface area (Å²) in [5.74, 6) is -0.474. The molecule has 0 spiro atoms. The molecule has 68 valence electrons. The third-order valence-electron chi connectivity index (χ3n) is 1.38. The fourth-order valence-electron chi connectivity index (χ4n) is 0.863. The quantitative estimate of drug-likeness (QED) is 0.604. The second kappa shape index (κ2) is 4.18. The Kier molecular flexibility index (Phi) is 3.19. The molecule has 1 rings (SSSR count). The Balaban J connectivity index is 3.28. The minimum atomic E-state index is -0.624. The third kappa shape index (κ3) is 2.15. The fourth-order valence-corrected chi connectivity index (χ4v) is 1.27. The van der Waals surface area contributed by atoms with E-state index in [1.165, 1.54) is 12.1 Å². The summed E-state index contributed by atoms with van der Waals surface area (Å²) < 4.78 is 18.4. The van der Waals surface area contributed by atoms with Crippen molar-refractivity contribution in [1.29, 1.82) is 0 Å². The summed E-state index contributed by atoms with van der Waals surface area (Å²) in [7, 11) is 0. The maximum absolute atomic E-state index is 13.1. The first-order valence-electron chi connectivity index (χ1n) is 3.41. The fraction of sp³-hybridized carbons (Fsp3) is 0. The molecule has 0 atom stereocenters. The van der Waals surface area contributed by atoms with Gasteiger partial charge in [0.25, 0.3) is 0 Å². The lowest BCUT2D eigenvalue weighted by Crippen LogP contribution is -1.93. The summed E-state index contributed by atoms with van der Waals surface area (Å²) in [6, 6.07) is 2.69. The molecule has 2 nitrogen and oxygen atoms in total. The first kappa shape index (κ1) is 9.92. The van der Waals surface area contributed by atoms with Gasteiger partial charge in [-0.2, -0.15) is 0 Å². The number of halogens is 2. The van der Waals surface area contributed by atoms with Crippen molar-refractivity contribution in [2.45, 2.75) is 0 Å². The highest BCUT2D eigenvalue weighted by Crippen LogP contribution is 2.25. The van der Waals surface area contributed by atoms with E-state index in [1.807, 2.05) is 0 Å². The molecule has 4 heteroatoms. The predicted molar refractivity (Wildman–Crippen MR) is 50.3 cm³/mol. The second-order valence-electron chi connectivity index (χ2n) is 2.20. The van der Waals surface area contributed by atoms with Crippen LogP contribution in [-0.2, 0) is 0 Å². The average Bonchev–Trinajstić information content (AvgIpc) is 2.04. The van der Waals surface area contributed by atoms with E-state index >= 15 is 0 Å². The minimum Gasteiger partial charge on any atom is -0.465 e. The molecule has 0 aromatic heterocycles. The van der Waals surface area contributed by atoms with Gasteiger partial charge in [0.2, 0.25) is 0 Å². The van der Waals surface area contributed by atoms with E-state index < -0.39 is 5.82 Å². The van der Waals surface area contributed by atoms with E-state index in [0.717, 1.165) is 6.26 Å². The van der Waals surface area contributed by atoms with Crippen LogP contribution in [0.2, 0.25) is 0 Å². The Hall–Kier alpha value is -1.16. The van der Waals surface area contributed by atoms with Gasteiger partial charge in [-0.25, -0.2) is 4.39 Å². The number of carbonyl (C=O) groups is 1. The lowest BCUT2D eigenvalue weighted by Gasteiger charge is -2.04. The van der Waals surface area contributed by atoms with Gasteiger partial charge in [0.05, 0.1) is 11.8 Å². The summed E-state index contributed by atoms with van der Waals surface area (Å²) in [5, 5.41) is 0. The van der Waals surface area contributed by atoms with Crippen LogP contribution in [0.5, 0.6) is 5.75 Å². The van der Waals surface area contributed by atoms with Crippen molar-refractivity contribution in [2.24, 2.45) is 0 Å². The van der Waals surface area contributed by atoms with Crippen molar-refractivity contribution in [3.8, 4) is 5.75 Å². The summed E-state index contributed by atoms with van der Waals surface area (Å²) in [4.78, 5) is 10.5. The minimum absolute atomic E-state index is 0.108. The van der Waals surface area contributed by atoms with Crippen LogP contribution in [-0.4, -0.2) is 6.29 Å². The van der Waals surface area contributed by atoms with Crippen LogP contribution in [0.15, 0.2) is 29.4 Å². The van der Waals surface area contributed by atoms with Crippen LogP contribution in [0.3, 0.4) is 0 Å². The highest BCUT2D eigenvalue weighted by molar-refractivity contribution is 9.10. The van der Waals surface area contributed by atoms with Gasteiger partial charge in [0, 0.05) is 4.47 Å². The predicted octanol–water partition coefficient (Wildman–Crippen LogP) is 2.92. The molecular formula is C9H6BrFO2. The van der Waals surface area contributed by atoms with Gasteiger partial charge in [-0.1, -0.05) is 22.5 Å². The average molecular weight is 245 g/mol. The summed E-state index contributed by atoms with van der Waals surface area (Å²) >= 11 is 3.08. The smallest absolute Gasteiger partial charge is 0.156 e. The number of rotatable bonds is 3. The number of hydrogen-bond donors (Lipinski definition) is 0. The molecular weight excluding hydrogens is 239 g/mol. The van der Waals surface area contributed by atoms with Gasteiger partial charge in [0.1, 0.15) is 11.6 Å². The van der Waals surface area contributed by atoms with Crippen molar-refractivity contribution in [3.63, 3.8) is 0 Å². The Labute approximate surface area is 83.1 Å². The number of ether oxygens (including phenoxy) is 1. The largest absolute Gasteiger partial charge is 0.465 e. The number of carbonyl (C=O) groups excluding carboxylic acids is 1. The van der Waals surface area contributed by atoms with Crippen LogP contribution in [0.1, 0.15) is 10.4 Å². The lowest BCUT2D eigenvalue weighted by molar-refractivity contribution is 0.111. The van der Waals surface area contributed by atoms with E-state index in [-0.39, 0.29) is 11.3 Å². The van der Waals surface area contributed by atoms with Crippen LogP contribution in [0.25, 0.3) is 0 Å². The Morgan fingerprint density at radius 2 is 2.23 bits per heavy atom. The molecule has 0 saturated heterocycles. The van der Waals surface area contributed by atoms with Gasteiger partial charge in [-0.05, 0) is 12.1 Å². The van der Waals surface area contributed by atoms with E-state index in [1.54, 1.807) is 0 Å². The lowest BCUT2D eigenvalue weighted by atomic mass is 10.2. The molecule has 1 aromatic carbocycles. The normalized spacial score (nSPS) is 9.38. The van der Waals surface area contributed by atoms with Gasteiger partial charge in [-0.3, -0.25) is 4.79 Å². The molecule has 0 aliphatic heterocycles. The summed E-state index contributed by atoms with van der Waals surface area (Å²) in [6.45, 7) is 3.31. The zero-order valence-corrected chi connectivity index (χ0v) is 8.17. The second-order valence-corrected chi connectivity index (χ2v) is 3.12. The van der Waals surface area contributed by atoms with Crippen molar-refractivity contribution >= 4 is 22.2 Å². The molecule has 0 saturated carbocycles. The topological polar surface area (TPSA) is 26.3 Å². The number of benzene rings is 1. The van der Waals surface area contributed by atoms with Gasteiger partial charge < -0.3 is 4.74 Å². The van der Waals surface area contributed by atoms with Gasteiger partial charge >= 0.3 is 0 Å². The first-order valence-corrected chi connectivity index (χ1v) is 4.20. The molecule has 0 aliphatic carbocycles. The maximum atomic E-state index is 13.1. The van der Waals surface area contributed by atoms with E-state index in [9.17, 15) is 9.18 Å². The standard InChI is InChI=1S/C9H6BrFO2/c1-2-13-9-4-6(10)3-8(11)7(9)5-12/h2-5H,1H2. The van der Waals surface area contributed by atoms with E-state index in [0.29, 0.717) is 10.8 Å². The SMILES string of the molecule is C=COc1cc(Br)cc(F)c1C=O. The third-order valence-corrected chi connectivity index (χ3v) is 1.84. The van der Waals surface area contributed by atoms with Gasteiger partial charge in [-0.15, -0.1) is 0 Å². The van der Waals surface area contributed by atoms with Crippen LogP contribution >= 0.6 is 15.9 Å². The Bertz CT molecular complexity index is 350. The number of hydrogen-bond acceptors (Lipinski definition) is 2. The zero-order valence-electron chi connectivity index (χ0n) is 6.59. The molecule has 0 N–H and O–H groups in total. The number of aldehydes is 1. The Morgan fingerprint density at radius 3 is 2.77 bits per heavy atom. The van der Waals surface area contributed by atoms with Crippen molar-refractivity contribution < 1.29 is 13.9 Å². The van der Waals surface area contributed by atoms with Crippen LogP contribution in [0.4, 0.5) is 4.39 Å². The van der Waals surface area contributed by atoms with Gasteiger partial charge in [0.15, 0.2) is 6.29 Å². The maximum Gasteiger partial charge on any atom is 0.156 e. The van der Waals surface area contributed by atoms with E-state index in [4.69, 9.17) is 4.74 Å². The molecule has 0 heterocycles. The molecule has 0 aliphatic rings. The molecule has 13 heavy (non-hydrogen) atoms. The molecule has 0 amide bonds. The summed E-state index contributed by atoms with van der Waals surface area (Å²) in [5.41, 5.74) is -0.108. The van der Waals surface area contributed by atoms with Crippen LogP contribution < -0.4 is 4.74 Å².